The number of nitrogens with one attached hydrogen (secondary N) is 1. The molecule has 0 spiro atoms. The minimum atomic E-state index is -0.447. The number of nitro benzene ring substituents is 1. The molecule has 5 nitrogen and oxygen atoms in total. The number of rotatable bonds is 5. The van der Waals surface area contributed by atoms with E-state index >= 15 is 0 Å². The molecule has 0 fully saturated rings. The van der Waals surface area contributed by atoms with Crippen LogP contribution in [0.3, 0.4) is 0 Å². The predicted octanol–water partition coefficient (Wildman–Crippen LogP) is 3.33. The number of hydrogen-bond donors (Lipinski definition) is 1. The lowest BCUT2D eigenvalue weighted by Gasteiger charge is -2.05. The highest BCUT2D eigenvalue weighted by Gasteiger charge is 2.14. The average molecular weight is 288 g/mol. The minimum absolute atomic E-state index is 0.0185. The molecule has 102 valence electrons. The molecular formula is C14H12N2O3S. The van der Waals surface area contributed by atoms with Crippen molar-refractivity contribution in [2.75, 3.05) is 11.1 Å². The van der Waals surface area contributed by atoms with Crippen LogP contribution in [0.1, 0.15) is 0 Å². The van der Waals surface area contributed by atoms with E-state index in [2.05, 4.69) is 5.32 Å². The molecule has 0 atom stereocenters. The second-order valence-electron chi connectivity index (χ2n) is 3.93. The number of para-hydroxylation sites is 2. The molecule has 0 bridgehead atoms. The van der Waals surface area contributed by atoms with Crippen LogP contribution >= 0.6 is 11.8 Å². The second kappa shape index (κ2) is 6.72. The molecule has 2 rings (SSSR count). The Morgan fingerprint density at radius 3 is 2.45 bits per heavy atom. The first-order valence-corrected chi connectivity index (χ1v) is 6.86. The molecule has 0 unspecified atom stereocenters. The van der Waals surface area contributed by atoms with Crippen molar-refractivity contribution in [3.05, 3.63) is 64.7 Å². The van der Waals surface area contributed by atoms with E-state index in [0.717, 1.165) is 11.8 Å². The van der Waals surface area contributed by atoms with Gasteiger partial charge in [-0.1, -0.05) is 30.3 Å². The lowest BCUT2D eigenvalue weighted by atomic mass is 10.3. The normalized spacial score (nSPS) is 10.0. The Kier molecular flexibility index (Phi) is 4.73. The summed E-state index contributed by atoms with van der Waals surface area (Å²) in [4.78, 5) is 22.7. The molecule has 0 saturated carbocycles. The third-order valence-electron chi connectivity index (χ3n) is 2.48. The van der Waals surface area contributed by atoms with Crippen LogP contribution in [0.15, 0.2) is 59.5 Å². The Bertz CT molecular complexity index is 617. The van der Waals surface area contributed by atoms with Gasteiger partial charge in [0.05, 0.1) is 15.6 Å². The summed E-state index contributed by atoms with van der Waals surface area (Å²) in [6.07, 6.45) is 0. The summed E-state index contributed by atoms with van der Waals surface area (Å²) >= 11 is 1.15. The van der Waals surface area contributed by atoms with Gasteiger partial charge in [-0.05, 0) is 18.2 Å². The maximum atomic E-state index is 11.8. The van der Waals surface area contributed by atoms with Crippen LogP contribution in [0, 0.1) is 10.1 Å². The molecule has 1 amide bonds. The third kappa shape index (κ3) is 3.83. The van der Waals surface area contributed by atoms with Gasteiger partial charge in [0.1, 0.15) is 0 Å². The number of thioether (sulfide) groups is 1. The van der Waals surface area contributed by atoms with E-state index < -0.39 is 4.92 Å². The molecule has 2 aromatic rings. The molecular weight excluding hydrogens is 276 g/mol. The van der Waals surface area contributed by atoms with Gasteiger partial charge in [-0.2, -0.15) is 0 Å². The Morgan fingerprint density at radius 2 is 1.75 bits per heavy atom. The van der Waals surface area contributed by atoms with Gasteiger partial charge in [0.15, 0.2) is 0 Å². The van der Waals surface area contributed by atoms with E-state index in [0.29, 0.717) is 10.6 Å². The fourth-order valence-electron chi connectivity index (χ4n) is 1.59. The molecule has 0 saturated heterocycles. The van der Waals surface area contributed by atoms with Crippen LogP contribution < -0.4 is 5.32 Å². The van der Waals surface area contributed by atoms with Gasteiger partial charge in [0.25, 0.3) is 5.69 Å². The zero-order valence-electron chi connectivity index (χ0n) is 10.5. The lowest BCUT2D eigenvalue weighted by molar-refractivity contribution is -0.387. The number of nitro groups is 1. The largest absolute Gasteiger partial charge is 0.325 e. The van der Waals surface area contributed by atoms with Crippen molar-refractivity contribution in [2.45, 2.75) is 4.90 Å². The zero-order valence-corrected chi connectivity index (χ0v) is 11.3. The van der Waals surface area contributed by atoms with Gasteiger partial charge in [0, 0.05) is 11.8 Å². The minimum Gasteiger partial charge on any atom is -0.325 e. The van der Waals surface area contributed by atoms with Gasteiger partial charge in [-0.15, -0.1) is 11.8 Å². The van der Waals surface area contributed by atoms with Crippen LogP contribution in [0.2, 0.25) is 0 Å². The highest BCUT2D eigenvalue weighted by atomic mass is 32.2. The molecule has 0 aliphatic heterocycles. The Labute approximate surface area is 120 Å². The van der Waals surface area contributed by atoms with E-state index in [-0.39, 0.29) is 17.3 Å². The Balaban J connectivity index is 1.96. The van der Waals surface area contributed by atoms with Crippen molar-refractivity contribution in [3.63, 3.8) is 0 Å². The molecule has 0 heterocycles. The molecule has 2 aromatic carbocycles. The second-order valence-corrected chi connectivity index (χ2v) is 4.94. The van der Waals surface area contributed by atoms with Crippen molar-refractivity contribution in [2.24, 2.45) is 0 Å². The number of carbonyl (C=O) groups excluding carboxylic acids is 1. The summed E-state index contributed by atoms with van der Waals surface area (Å²) in [7, 11) is 0. The van der Waals surface area contributed by atoms with E-state index in [1.165, 1.54) is 6.07 Å². The van der Waals surface area contributed by atoms with Gasteiger partial charge in [0.2, 0.25) is 5.91 Å². The van der Waals surface area contributed by atoms with Crippen molar-refractivity contribution in [1.82, 2.24) is 0 Å². The summed E-state index contributed by atoms with van der Waals surface area (Å²) in [5.74, 6) is -0.0703. The van der Waals surface area contributed by atoms with Crippen LogP contribution in [0.25, 0.3) is 0 Å². The quantitative estimate of drug-likeness (QED) is 0.520. The van der Waals surface area contributed by atoms with Crippen LogP contribution in [-0.4, -0.2) is 16.6 Å². The van der Waals surface area contributed by atoms with E-state index in [4.69, 9.17) is 0 Å². The number of nitrogens with zero attached hydrogens (tertiary/aromatic N) is 1. The van der Waals surface area contributed by atoms with Crippen molar-refractivity contribution < 1.29 is 9.72 Å². The van der Waals surface area contributed by atoms with Gasteiger partial charge in [-0.3, -0.25) is 14.9 Å². The monoisotopic (exact) mass is 288 g/mol. The van der Waals surface area contributed by atoms with E-state index in [9.17, 15) is 14.9 Å². The topological polar surface area (TPSA) is 72.2 Å². The maximum absolute atomic E-state index is 11.8. The number of amides is 1. The Morgan fingerprint density at radius 1 is 1.10 bits per heavy atom. The van der Waals surface area contributed by atoms with Crippen molar-refractivity contribution >= 4 is 29.0 Å². The number of carbonyl (C=O) groups is 1. The number of hydrogen-bond acceptors (Lipinski definition) is 4. The van der Waals surface area contributed by atoms with Crippen LogP contribution in [0.5, 0.6) is 0 Å². The van der Waals surface area contributed by atoms with Gasteiger partial charge >= 0.3 is 0 Å². The molecule has 6 heteroatoms. The molecule has 0 aromatic heterocycles. The molecule has 1 N–H and O–H groups in total. The first-order chi connectivity index (χ1) is 9.66. The van der Waals surface area contributed by atoms with Gasteiger partial charge < -0.3 is 5.32 Å². The summed E-state index contributed by atoms with van der Waals surface area (Å²) in [5.41, 5.74) is 0.727. The fraction of sp³-hybridized carbons (Fsp3) is 0.0714. The third-order valence-corrected chi connectivity index (χ3v) is 3.54. The predicted molar refractivity (Wildman–Crippen MR) is 78.9 cm³/mol. The summed E-state index contributed by atoms with van der Waals surface area (Å²) < 4.78 is 0. The average Bonchev–Trinajstić information content (AvgIpc) is 2.46. The lowest BCUT2D eigenvalue weighted by Crippen LogP contribution is -2.13. The smallest absolute Gasteiger partial charge is 0.282 e. The first-order valence-electron chi connectivity index (χ1n) is 5.88. The highest BCUT2D eigenvalue weighted by molar-refractivity contribution is 8.00. The molecule has 0 aliphatic rings. The standard InChI is InChI=1S/C14H12N2O3S/c17-14(15-11-6-2-1-3-7-11)10-20-13-9-5-4-8-12(13)16(18)19/h1-9H,10H2,(H,15,17). The van der Waals surface area contributed by atoms with Crippen molar-refractivity contribution in [3.8, 4) is 0 Å². The maximum Gasteiger partial charge on any atom is 0.282 e. The van der Waals surface area contributed by atoms with E-state index in [1.54, 1.807) is 30.3 Å². The first kappa shape index (κ1) is 14.1. The van der Waals surface area contributed by atoms with Gasteiger partial charge in [-0.25, -0.2) is 0 Å². The van der Waals surface area contributed by atoms with E-state index in [1.807, 2.05) is 18.2 Å². The number of benzene rings is 2. The fourth-order valence-corrected chi connectivity index (χ4v) is 2.42. The van der Waals surface area contributed by atoms with Crippen LogP contribution in [-0.2, 0) is 4.79 Å². The number of anilines is 1. The molecule has 20 heavy (non-hydrogen) atoms. The summed E-state index contributed by atoms with van der Waals surface area (Å²) in [6.45, 7) is 0. The zero-order chi connectivity index (χ0) is 14.4. The summed E-state index contributed by atoms with van der Waals surface area (Å²) in [6, 6.07) is 15.5. The summed E-state index contributed by atoms with van der Waals surface area (Å²) in [5, 5.41) is 13.6. The molecule has 0 aliphatic carbocycles. The molecule has 0 radical (unpaired) electrons. The highest BCUT2D eigenvalue weighted by Crippen LogP contribution is 2.28. The SMILES string of the molecule is O=C(CSc1ccccc1[N+](=O)[O-])Nc1ccccc1. The Hall–Kier alpha value is -2.34. The van der Waals surface area contributed by atoms with Crippen molar-refractivity contribution in [1.29, 1.82) is 0 Å². The van der Waals surface area contributed by atoms with Crippen LogP contribution in [0.4, 0.5) is 11.4 Å².